The quantitative estimate of drug-likeness (QED) is 0.692. The van der Waals surface area contributed by atoms with Crippen molar-refractivity contribution in [1.82, 2.24) is 0 Å². The van der Waals surface area contributed by atoms with Gasteiger partial charge >= 0.3 is 5.97 Å². The molecule has 0 aromatic heterocycles. The highest BCUT2D eigenvalue weighted by atomic mass is 19.1. The number of rotatable bonds is 3. The summed E-state index contributed by atoms with van der Waals surface area (Å²) in [6.07, 6.45) is 0. The number of carbonyl (C=O) groups is 2. The second-order valence-corrected chi connectivity index (χ2v) is 5.21. The average molecular weight is 333 g/mol. The van der Waals surface area contributed by atoms with Gasteiger partial charge in [-0.25, -0.2) is 13.6 Å². The van der Waals surface area contributed by atoms with Crippen LogP contribution in [0, 0.1) is 11.6 Å². The van der Waals surface area contributed by atoms with Gasteiger partial charge in [0.2, 0.25) is 0 Å². The molecule has 5 nitrogen and oxygen atoms in total. The van der Waals surface area contributed by atoms with E-state index < -0.39 is 29.1 Å². The molecule has 124 valence electrons. The molecule has 2 aromatic carbocycles. The largest absolute Gasteiger partial charge is 0.463 e. The van der Waals surface area contributed by atoms with Crippen LogP contribution in [0.4, 0.5) is 20.2 Å². The van der Waals surface area contributed by atoms with Crippen LogP contribution in [0.5, 0.6) is 0 Å². The first kappa shape index (κ1) is 16.1. The van der Waals surface area contributed by atoms with E-state index in [2.05, 4.69) is 0 Å². The van der Waals surface area contributed by atoms with Crippen LogP contribution < -0.4 is 4.90 Å². The highest BCUT2D eigenvalue weighted by molar-refractivity contribution is 6.21. The number of nitrogens with zero attached hydrogens (tertiary/aromatic N) is 1. The van der Waals surface area contributed by atoms with Crippen molar-refractivity contribution in [2.24, 2.45) is 0 Å². The van der Waals surface area contributed by atoms with E-state index in [-0.39, 0.29) is 23.5 Å². The molecule has 1 atom stereocenters. The number of hydrogen-bond donors (Lipinski definition) is 1. The van der Waals surface area contributed by atoms with Crippen molar-refractivity contribution in [1.29, 1.82) is 0 Å². The number of aliphatic hydroxyl groups is 1. The number of amides is 1. The molecule has 7 heteroatoms. The summed E-state index contributed by atoms with van der Waals surface area (Å²) in [7, 11) is 0. The van der Waals surface area contributed by atoms with Crippen LogP contribution in [0.25, 0.3) is 0 Å². The van der Waals surface area contributed by atoms with Crippen LogP contribution in [-0.2, 0) is 19.9 Å². The van der Waals surface area contributed by atoms with E-state index in [4.69, 9.17) is 4.74 Å². The maximum absolute atomic E-state index is 13.6. The van der Waals surface area contributed by atoms with E-state index in [1.165, 1.54) is 25.1 Å². The molecule has 1 heterocycles. The van der Waals surface area contributed by atoms with Crippen molar-refractivity contribution >= 4 is 23.3 Å². The van der Waals surface area contributed by atoms with Gasteiger partial charge in [-0.3, -0.25) is 9.69 Å². The Morgan fingerprint density at radius 3 is 2.42 bits per heavy atom. The van der Waals surface area contributed by atoms with Crippen molar-refractivity contribution in [2.45, 2.75) is 12.5 Å². The maximum atomic E-state index is 13.6. The molecule has 0 saturated carbocycles. The second-order valence-electron chi connectivity index (χ2n) is 5.21. The number of halogens is 2. The van der Waals surface area contributed by atoms with Crippen molar-refractivity contribution in [3.05, 3.63) is 59.7 Å². The first-order valence-corrected chi connectivity index (χ1v) is 7.19. The van der Waals surface area contributed by atoms with Crippen molar-refractivity contribution < 1.29 is 28.2 Å². The fourth-order valence-corrected chi connectivity index (χ4v) is 2.66. The predicted octanol–water partition coefficient (Wildman–Crippen LogP) is 2.39. The fraction of sp³-hybridized carbons (Fsp3) is 0.176. The Labute approximate surface area is 136 Å². The topological polar surface area (TPSA) is 66.8 Å². The molecule has 1 N–H and O–H groups in total. The molecular formula is C17H13F2NO4. The lowest BCUT2D eigenvalue weighted by Crippen LogP contribution is -2.46. The number of benzene rings is 2. The van der Waals surface area contributed by atoms with E-state index in [0.29, 0.717) is 0 Å². The lowest BCUT2D eigenvalue weighted by atomic mass is 9.95. The average Bonchev–Trinajstić information content (AvgIpc) is 2.78. The minimum absolute atomic E-state index is 0.0599. The summed E-state index contributed by atoms with van der Waals surface area (Å²) in [5.74, 6) is -3.42. The predicted molar refractivity (Wildman–Crippen MR) is 80.5 cm³/mol. The highest BCUT2D eigenvalue weighted by Gasteiger charge is 2.57. The Balaban J connectivity index is 2.19. The summed E-state index contributed by atoms with van der Waals surface area (Å²) < 4.78 is 31.5. The number of esters is 1. The molecule has 0 aliphatic carbocycles. The van der Waals surface area contributed by atoms with Crippen LogP contribution in [0.2, 0.25) is 0 Å². The molecule has 3 rings (SSSR count). The molecule has 1 aliphatic rings. The Bertz CT molecular complexity index is 822. The molecule has 1 aliphatic heterocycles. The van der Waals surface area contributed by atoms with Gasteiger partial charge in [0.05, 0.1) is 12.3 Å². The van der Waals surface area contributed by atoms with Crippen LogP contribution in [0.1, 0.15) is 12.5 Å². The minimum Gasteiger partial charge on any atom is -0.463 e. The Kier molecular flexibility index (Phi) is 3.81. The lowest BCUT2D eigenvalue weighted by Gasteiger charge is -2.21. The van der Waals surface area contributed by atoms with Gasteiger partial charge in [0.25, 0.3) is 11.5 Å². The summed E-state index contributed by atoms with van der Waals surface area (Å²) in [5, 5.41) is 10.7. The molecule has 2 aromatic rings. The summed E-state index contributed by atoms with van der Waals surface area (Å²) >= 11 is 0. The van der Waals surface area contributed by atoms with E-state index in [1.807, 2.05) is 0 Å². The first-order valence-electron chi connectivity index (χ1n) is 7.19. The van der Waals surface area contributed by atoms with Gasteiger partial charge in [-0.15, -0.1) is 0 Å². The van der Waals surface area contributed by atoms with Gasteiger partial charge in [-0.2, -0.15) is 0 Å². The Morgan fingerprint density at radius 2 is 1.79 bits per heavy atom. The first-order chi connectivity index (χ1) is 11.4. The van der Waals surface area contributed by atoms with E-state index in [1.54, 1.807) is 0 Å². The number of ether oxygens (including phenoxy) is 1. The number of hydrogen-bond acceptors (Lipinski definition) is 4. The van der Waals surface area contributed by atoms with Gasteiger partial charge in [-0.1, -0.05) is 0 Å². The lowest BCUT2D eigenvalue weighted by molar-refractivity contribution is -0.170. The van der Waals surface area contributed by atoms with Gasteiger partial charge in [0, 0.05) is 11.3 Å². The number of anilines is 2. The van der Waals surface area contributed by atoms with E-state index >= 15 is 0 Å². The zero-order valence-corrected chi connectivity index (χ0v) is 12.6. The van der Waals surface area contributed by atoms with Crippen molar-refractivity contribution in [3.63, 3.8) is 0 Å². The number of carbonyl (C=O) groups excluding carboxylic acids is 2. The monoisotopic (exact) mass is 333 g/mol. The smallest absolute Gasteiger partial charge is 0.353 e. The third-order valence-electron chi connectivity index (χ3n) is 3.76. The highest BCUT2D eigenvalue weighted by Crippen LogP contribution is 2.45. The SMILES string of the molecule is CCOC(=O)C1(O)C(=O)N(c2ccc(F)cc2)c2ccc(F)cc21. The normalized spacial score (nSPS) is 19.3. The molecule has 0 fully saturated rings. The fourth-order valence-electron chi connectivity index (χ4n) is 2.66. The minimum atomic E-state index is -2.65. The van der Waals surface area contributed by atoms with Crippen LogP contribution in [0.3, 0.4) is 0 Å². The summed E-state index contributed by atoms with van der Waals surface area (Å²) in [5.41, 5.74) is -2.50. The third kappa shape index (κ3) is 2.25. The van der Waals surface area contributed by atoms with Crippen molar-refractivity contribution in [3.8, 4) is 0 Å². The maximum Gasteiger partial charge on any atom is 0.353 e. The molecule has 24 heavy (non-hydrogen) atoms. The van der Waals surface area contributed by atoms with Crippen LogP contribution in [-0.4, -0.2) is 23.6 Å². The molecular weight excluding hydrogens is 320 g/mol. The molecule has 0 spiro atoms. The summed E-state index contributed by atoms with van der Waals surface area (Å²) in [4.78, 5) is 26.0. The van der Waals surface area contributed by atoms with Crippen molar-refractivity contribution in [2.75, 3.05) is 11.5 Å². The zero-order valence-electron chi connectivity index (χ0n) is 12.6. The molecule has 0 bridgehead atoms. The second kappa shape index (κ2) is 5.68. The summed E-state index contributed by atoms with van der Waals surface area (Å²) in [6.45, 7) is 1.46. The van der Waals surface area contributed by atoms with Crippen LogP contribution in [0.15, 0.2) is 42.5 Å². The Hall–Kier alpha value is -2.80. The Morgan fingerprint density at radius 1 is 1.17 bits per heavy atom. The van der Waals surface area contributed by atoms with Gasteiger partial charge in [0.1, 0.15) is 11.6 Å². The van der Waals surface area contributed by atoms with E-state index in [9.17, 15) is 23.5 Å². The standard InChI is InChI=1S/C17H13F2NO4/c1-2-24-16(22)17(23)13-9-11(19)5-8-14(13)20(15(17)21)12-6-3-10(18)4-7-12/h3-9,23H,2H2,1H3. The molecule has 1 unspecified atom stereocenters. The number of fused-ring (bicyclic) bond motifs is 1. The molecule has 0 saturated heterocycles. The van der Waals surface area contributed by atoms with Gasteiger partial charge in [-0.05, 0) is 49.4 Å². The van der Waals surface area contributed by atoms with E-state index in [0.717, 1.165) is 29.2 Å². The molecule has 1 amide bonds. The van der Waals surface area contributed by atoms with Gasteiger partial charge < -0.3 is 9.84 Å². The van der Waals surface area contributed by atoms with Crippen LogP contribution >= 0.6 is 0 Å². The third-order valence-corrected chi connectivity index (χ3v) is 3.76. The summed E-state index contributed by atoms with van der Waals surface area (Å²) in [6, 6.07) is 8.17. The zero-order chi connectivity index (χ0) is 17.5. The molecule has 0 radical (unpaired) electrons. The van der Waals surface area contributed by atoms with Gasteiger partial charge in [0.15, 0.2) is 0 Å².